The summed E-state index contributed by atoms with van der Waals surface area (Å²) in [5, 5.41) is 11.8. The zero-order valence-electron chi connectivity index (χ0n) is 9.98. The van der Waals surface area contributed by atoms with E-state index in [0.717, 1.165) is 0 Å². The van der Waals surface area contributed by atoms with Gasteiger partial charge in [0.05, 0.1) is 6.61 Å². The van der Waals surface area contributed by atoms with Gasteiger partial charge in [-0.3, -0.25) is 4.79 Å². The van der Waals surface area contributed by atoms with Gasteiger partial charge in [0.1, 0.15) is 0 Å². The molecule has 0 saturated carbocycles. The van der Waals surface area contributed by atoms with Gasteiger partial charge in [-0.15, -0.1) is 0 Å². The minimum atomic E-state index is -1.35. The van der Waals surface area contributed by atoms with Crippen LogP contribution in [0.15, 0.2) is 22.7 Å². The first-order valence-electron chi connectivity index (χ1n) is 5.63. The van der Waals surface area contributed by atoms with Crippen LogP contribution < -0.4 is 11.1 Å². The molecular weight excluding hydrogens is 316 g/mol. The Bertz CT molecular complexity index is 526. The first-order valence-corrected chi connectivity index (χ1v) is 6.43. The van der Waals surface area contributed by atoms with E-state index < -0.39 is 17.4 Å². The molecule has 19 heavy (non-hydrogen) atoms. The molecular formula is C12H13BrN2O4. The topological polar surface area (TPSA) is 102 Å². The quantitative estimate of drug-likeness (QED) is 0.718. The van der Waals surface area contributed by atoms with Crippen LogP contribution in [0.5, 0.6) is 0 Å². The van der Waals surface area contributed by atoms with E-state index in [2.05, 4.69) is 21.2 Å². The van der Waals surface area contributed by atoms with Crippen LogP contribution in [0, 0.1) is 0 Å². The number of halogens is 1. The molecule has 1 heterocycles. The van der Waals surface area contributed by atoms with E-state index in [-0.39, 0.29) is 13.0 Å². The summed E-state index contributed by atoms with van der Waals surface area (Å²) in [6, 6.07) is 4.70. The van der Waals surface area contributed by atoms with Crippen LogP contribution in [-0.2, 0) is 9.53 Å². The van der Waals surface area contributed by atoms with Crippen molar-refractivity contribution in [2.75, 3.05) is 18.9 Å². The fraction of sp³-hybridized carbons (Fsp3) is 0.333. The molecule has 2 rings (SSSR count). The molecule has 1 aliphatic heterocycles. The molecule has 7 heteroatoms. The molecule has 1 saturated heterocycles. The van der Waals surface area contributed by atoms with Crippen LogP contribution in [0.2, 0.25) is 0 Å². The third-order valence-electron chi connectivity index (χ3n) is 3.04. The molecule has 0 radical (unpaired) electrons. The van der Waals surface area contributed by atoms with Crippen LogP contribution in [0.4, 0.5) is 5.69 Å². The summed E-state index contributed by atoms with van der Waals surface area (Å²) >= 11 is 3.23. The zero-order chi connectivity index (χ0) is 14.0. The lowest BCUT2D eigenvalue weighted by molar-refractivity contribution is -0.144. The number of amides is 1. The summed E-state index contributed by atoms with van der Waals surface area (Å²) in [6.07, 6.45) is 0.250. The van der Waals surface area contributed by atoms with Gasteiger partial charge in [-0.1, -0.05) is 0 Å². The van der Waals surface area contributed by atoms with Gasteiger partial charge in [0.15, 0.2) is 5.54 Å². The van der Waals surface area contributed by atoms with Gasteiger partial charge < -0.3 is 20.9 Å². The maximum absolute atomic E-state index is 12.1. The molecule has 1 amide bonds. The van der Waals surface area contributed by atoms with Gasteiger partial charge in [0.2, 0.25) is 0 Å². The van der Waals surface area contributed by atoms with Crippen molar-refractivity contribution in [3.05, 3.63) is 28.2 Å². The van der Waals surface area contributed by atoms with Crippen molar-refractivity contribution in [1.29, 1.82) is 0 Å². The standard InChI is InChI=1S/C12H13BrN2O4/c13-8-2-1-7(5-9(8)14)10(16)15-12(11(17)18)3-4-19-6-12/h1-2,5H,3-4,6,14H2,(H,15,16)(H,17,18). The Labute approximate surface area is 118 Å². The lowest BCUT2D eigenvalue weighted by atomic mass is 9.98. The minimum absolute atomic E-state index is 0.0277. The Morgan fingerprint density at radius 1 is 1.47 bits per heavy atom. The Kier molecular flexibility index (Phi) is 3.77. The van der Waals surface area contributed by atoms with Crippen molar-refractivity contribution in [3.63, 3.8) is 0 Å². The number of carbonyl (C=O) groups excluding carboxylic acids is 1. The number of aliphatic carboxylic acids is 1. The fourth-order valence-corrected chi connectivity index (χ4v) is 2.11. The van der Waals surface area contributed by atoms with Crippen molar-refractivity contribution < 1.29 is 19.4 Å². The lowest BCUT2D eigenvalue weighted by Crippen LogP contribution is -2.55. The number of anilines is 1. The van der Waals surface area contributed by atoms with E-state index in [1.165, 1.54) is 6.07 Å². The van der Waals surface area contributed by atoms with Gasteiger partial charge in [-0.25, -0.2) is 4.79 Å². The van der Waals surface area contributed by atoms with Crippen LogP contribution in [0.25, 0.3) is 0 Å². The van der Waals surface area contributed by atoms with Gasteiger partial charge >= 0.3 is 5.97 Å². The average Bonchev–Trinajstić information content (AvgIpc) is 2.82. The van der Waals surface area contributed by atoms with E-state index in [1.54, 1.807) is 12.1 Å². The number of hydrogen-bond acceptors (Lipinski definition) is 4. The first-order chi connectivity index (χ1) is 8.94. The molecule has 1 aromatic carbocycles. The Hall–Kier alpha value is -1.60. The Morgan fingerprint density at radius 2 is 2.21 bits per heavy atom. The highest BCUT2D eigenvalue weighted by molar-refractivity contribution is 9.10. The number of ether oxygens (including phenoxy) is 1. The maximum atomic E-state index is 12.1. The number of carboxylic acid groups (broad SMARTS) is 1. The molecule has 0 aromatic heterocycles. The molecule has 1 aromatic rings. The second-order valence-corrected chi connectivity index (χ2v) is 5.23. The third kappa shape index (κ3) is 2.71. The van der Waals surface area contributed by atoms with Crippen molar-refractivity contribution >= 4 is 33.5 Å². The normalized spacial score (nSPS) is 22.2. The van der Waals surface area contributed by atoms with Gasteiger partial charge in [-0.05, 0) is 34.1 Å². The third-order valence-corrected chi connectivity index (χ3v) is 3.76. The highest BCUT2D eigenvalue weighted by atomic mass is 79.9. The van der Waals surface area contributed by atoms with Crippen molar-refractivity contribution in [3.8, 4) is 0 Å². The molecule has 0 spiro atoms. The van der Waals surface area contributed by atoms with Crippen LogP contribution in [-0.4, -0.2) is 35.7 Å². The summed E-state index contributed by atoms with van der Waals surface area (Å²) in [4.78, 5) is 23.4. The number of hydrogen-bond donors (Lipinski definition) is 3. The van der Waals surface area contributed by atoms with E-state index in [1.807, 2.05) is 0 Å². The molecule has 1 aliphatic rings. The lowest BCUT2D eigenvalue weighted by Gasteiger charge is -2.23. The molecule has 1 atom stereocenters. The van der Waals surface area contributed by atoms with Gasteiger partial charge in [-0.2, -0.15) is 0 Å². The fourth-order valence-electron chi connectivity index (χ4n) is 1.86. The minimum Gasteiger partial charge on any atom is -0.479 e. The molecule has 0 bridgehead atoms. The van der Waals surface area contributed by atoms with Crippen molar-refractivity contribution in [1.82, 2.24) is 5.32 Å². The number of carboxylic acids is 1. The summed E-state index contributed by atoms with van der Waals surface area (Å²) in [7, 11) is 0. The van der Waals surface area contributed by atoms with E-state index in [0.29, 0.717) is 22.3 Å². The summed E-state index contributed by atoms with van der Waals surface area (Å²) in [6.45, 7) is 0.287. The van der Waals surface area contributed by atoms with Crippen LogP contribution >= 0.6 is 15.9 Å². The SMILES string of the molecule is Nc1cc(C(=O)NC2(C(=O)O)CCOC2)ccc1Br. The van der Waals surface area contributed by atoms with Gasteiger partial charge in [0.25, 0.3) is 5.91 Å². The van der Waals surface area contributed by atoms with Crippen molar-refractivity contribution in [2.24, 2.45) is 0 Å². The Balaban J connectivity index is 2.20. The van der Waals surface area contributed by atoms with Gasteiger partial charge in [0, 0.05) is 28.8 Å². The highest BCUT2D eigenvalue weighted by Crippen LogP contribution is 2.22. The molecule has 6 nitrogen and oxygen atoms in total. The maximum Gasteiger partial charge on any atom is 0.331 e. The highest BCUT2D eigenvalue weighted by Gasteiger charge is 2.44. The molecule has 1 unspecified atom stereocenters. The number of carbonyl (C=O) groups is 2. The monoisotopic (exact) mass is 328 g/mol. The number of rotatable bonds is 3. The smallest absolute Gasteiger partial charge is 0.331 e. The number of nitrogen functional groups attached to an aromatic ring is 1. The van der Waals surface area contributed by atoms with E-state index in [9.17, 15) is 14.7 Å². The second kappa shape index (κ2) is 5.18. The largest absolute Gasteiger partial charge is 0.479 e. The summed E-state index contributed by atoms with van der Waals surface area (Å²) in [5.41, 5.74) is 5.07. The predicted molar refractivity (Wildman–Crippen MR) is 71.8 cm³/mol. The van der Waals surface area contributed by atoms with Crippen LogP contribution in [0.3, 0.4) is 0 Å². The zero-order valence-corrected chi connectivity index (χ0v) is 11.6. The first kappa shape index (κ1) is 13.8. The molecule has 102 valence electrons. The summed E-state index contributed by atoms with van der Waals surface area (Å²) in [5.74, 6) is -1.57. The number of benzene rings is 1. The average molecular weight is 329 g/mol. The second-order valence-electron chi connectivity index (χ2n) is 4.38. The van der Waals surface area contributed by atoms with Crippen molar-refractivity contribution in [2.45, 2.75) is 12.0 Å². The molecule has 4 N–H and O–H groups in total. The van der Waals surface area contributed by atoms with E-state index in [4.69, 9.17) is 10.5 Å². The van der Waals surface area contributed by atoms with E-state index >= 15 is 0 Å². The Morgan fingerprint density at radius 3 is 2.74 bits per heavy atom. The molecule has 0 aliphatic carbocycles. The predicted octanol–water partition coefficient (Wildman–Crippen LogP) is 1.00. The molecule has 1 fully saturated rings. The summed E-state index contributed by atoms with van der Waals surface area (Å²) < 4.78 is 5.76. The number of nitrogens with two attached hydrogens (primary N) is 1. The van der Waals surface area contributed by atoms with Crippen LogP contribution in [0.1, 0.15) is 16.8 Å². The number of nitrogens with one attached hydrogen (secondary N) is 1.